The SMILES string of the molecule is CC(C)CC(Nc1ccnc(C2CC2)n1)C(=O)O. The van der Waals surface area contributed by atoms with Crippen molar-refractivity contribution >= 4 is 11.8 Å². The quantitative estimate of drug-likeness (QED) is 0.808. The molecule has 0 aliphatic heterocycles. The molecule has 2 N–H and O–H groups in total. The maximum Gasteiger partial charge on any atom is 0.326 e. The minimum atomic E-state index is -0.838. The molecule has 0 amide bonds. The van der Waals surface area contributed by atoms with Crippen LogP contribution in [0.1, 0.15) is 44.9 Å². The van der Waals surface area contributed by atoms with Gasteiger partial charge in [0.05, 0.1) is 0 Å². The van der Waals surface area contributed by atoms with E-state index in [1.165, 1.54) is 0 Å². The Bertz CT molecular complexity index is 430. The molecule has 0 spiro atoms. The van der Waals surface area contributed by atoms with Gasteiger partial charge in [-0.25, -0.2) is 14.8 Å². The smallest absolute Gasteiger partial charge is 0.326 e. The summed E-state index contributed by atoms with van der Waals surface area (Å²) in [6, 6.07) is 1.13. The first-order chi connectivity index (χ1) is 8.56. The molecule has 1 fully saturated rings. The number of nitrogens with zero attached hydrogens (tertiary/aromatic N) is 2. The monoisotopic (exact) mass is 249 g/mol. The van der Waals surface area contributed by atoms with Gasteiger partial charge in [-0.15, -0.1) is 0 Å². The average Bonchev–Trinajstić information content (AvgIpc) is 3.11. The molecule has 2 rings (SSSR count). The fourth-order valence-corrected chi connectivity index (χ4v) is 1.86. The highest BCUT2D eigenvalue weighted by Crippen LogP contribution is 2.38. The summed E-state index contributed by atoms with van der Waals surface area (Å²) in [5, 5.41) is 12.2. The van der Waals surface area contributed by atoms with Crippen LogP contribution in [0.3, 0.4) is 0 Å². The van der Waals surface area contributed by atoms with Crippen LogP contribution in [0, 0.1) is 5.92 Å². The molecule has 1 saturated carbocycles. The predicted octanol–water partition coefficient (Wildman–Crippen LogP) is 2.27. The van der Waals surface area contributed by atoms with Crippen molar-refractivity contribution in [1.82, 2.24) is 9.97 Å². The molecule has 1 aromatic heterocycles. The van der Waals surface area contributed by atoms with Crippen molar-refractivity contribution in [2.24, 2.45) is 5.92 Å². The van der Waals surface area contributed by atoms with E-state index in [0.717, 1.165) is 18.7 Å². The Kier molecular flexibility index (Phi) is 3.79. The minimum Gasteiger partial charge on any atom is -0.480 e. The number of nitrogens with one attached hydrogen (secondary N) is 1. The van der Waals surface area contributed by atoms with Gasteiger partial charge in [0.15, 0.2) is 0 Å². The number of rotatable bonds is 6. The van der Waals surface area contributed by atoms with Crippen LogP contribution in [-0.4, -0.2) is 27.1 Å². The number of carboxylic acids is 1. The summed E-state index contributed by atoms with van der Waals surface area (Å²) in [6.45, 7) is 4.01. The molecule has 0 aromatic carbocycles. The van der Waals surface area contributed by atoms with Crippen molar-refractivity contribution in [1.29, 1.82) is 0 Å². The Morgan fingerprint density at radius 3 is 2.83 bits per heavy atom. The van der Waals surface area contributed by atoms with Crippen molar-refractivity contribution in [3.8, 4) is 0 Å². The van der Waals surface area contributed by atoms with Gasteiger partial charge in [-0.1, -0.05) is 13.8 Å². The second-order valence-corrected chi connectivity index (χ2v) is 5.24. The zero-order chi connectivity index (χ0) is 13.1. The van der Waals surface area contributed by atoms with Gasteiger partial charge < -0.3 is 10.4 Å². The van der Waals surface area contributed by atoms with E-state index in [4.69, 9.17) is 5.11 Å². The van der Waals surface area contributed by atoms with Crippen molar-refractivity contribution in [2.45, 2.75) is 45.1 Å². The molecule has 1 aromatic rings. The van der Waals surface area contributed by atoms with Gasteiger partial charge in [-0.3, -0.25) is 0 Å². The van der Waals surface area contributed by atoms with Gasteiger partial charge in [-0.2, -0.15) is 0 Å². The first kappa shape index (κ1) is 12.8. The van der Waals surface area contributed by atoms with Crippen LogP contribution in [0.4, 0.5) is 5.82 Å². The van der Waals surface area contributed by atoms with Gasteiger partial charge >= 0.3 is 5.97 Å². The molecule has 1 aliphatic carbocycles. The highest BCUT2D eigenvalue weighted by Gasteiger charge is 2.27. The Morgan fingerprint density at radius 2 is 2.28 bits per heavy atom. The van der Waals surface area contributed by atoms with E-state index in [-0.39, 0.29) is 0 Å². The van der Waals surface area contributed by atoms with Gasteiger partial charge in [-0.05, 0) is 31.2 Å². The van der Waals surface area contributed by atoms with Gasteiger partial charge in [0.1, 0.15) is 17.7 Å². The third-order valence-electron chi connectivity index (χ3n) is 2.94. The summed E-state index contributed by atoms with van der Waals surface area (Å²) >= 11 is 0. The minimum absolute atomic E-state index is 0.323. The topological polar surface area (TPSA) is 75.1 Å². The first-order valence-corrected chi connectivity index (χ1v) is 6.38. The Morgan fingerprint density at radius 1 is 1.56 bits per heavy atom. The fraction of sp³-hybridized carbons (Fsp3) is 0.615. The summed E-state index contributed by atoms with van der Waals surface area (Å²) in [6.07, 6.45) is 4.55. The van der Waals surface area contributed by atoms with Crippen LogP contribution < -0.4 is 5.32 Å². The van der Waals surface area contributed by atoms with Crippen LogP contribution in [0.2, 0.25) is 0 Å². The molecule has 1 atom stereocenters. The molecule has 1 heterocycles. The lowest BCUT2D eigenvalue weighted by Crippen LogP contribution is -2.31. The number of carboxylic acid groups (broad SMARTS) is 1. The largest absolute Gasteiger partial charge is 0.480 e. The second-order valence-electron chi connectivity index (χ2n) is 5.24. The van der Waals surface area contributed by atoms with Crippen LogP contribution in [-0.2, 0) is 4.79 Å². The van der Waals surface area contributed by atoms with E-state index >= 15 is 0 Å². The van der Waals surface area contributed by atoms with E-state index in [9.17, 15) is 4.79 Å². The maximum atomic E-state index is 11.2. The Hall–Kier alpha value is -1.65. The van der Waals surface area contributed by atoms with E-state index in [2.05, 4.69) is 15.3 Å². The Balaban J connectivity index is 2.05. The molecular weight excluding hydrogens is 230 g/mol. The molecule has 0 saturated heterocycles. The molecule has 1 unspecified atom stereocenters. The number of aliphatic carboxylic acids is 1. The van der Waals surface area contributed by atoms with Crippen molar-refractivity contribution < 1.29 is 9.90 Å². The summed E-state index contributed by atoms with van der Waals surface area (Å²) in [5.74, 6) is 1.40. The summed E-state index contributed by atoms with van der Waals surface area (Å²) in [5.41, 5.74) is 0. The van der Waals surface area contributed by atoms with Crippen LogP contribution in [0.5, 0.6) is 0 Å². The summed E-state index contributed by atoms with van der Waals surface area (Å²) in [7, 11) is 0. The molecule has 98 valence electrons. The lowest BCUT2D eigenvalue weighted by molar-refractivity contribution is -0.138. The Labute approximate surface area is 107 Å². The fourth-order valence-electron chi connectivity index (χ4n) is 1.86. The highest BCUT2D eigenvalue weighted by molar-refractivity contribution is 5.76. The predicted molar refractivity (Wildman–Crippen MR) is 68.5 cm³/mol. The molecule has 1 aliphatic rings. The first-order valence-electron chi connectivity index (χ1n) is 6.38. The number of hydrogen-bond acceptors (Lipinski definition) is 4. The van der Waals surface area contributed by atoms with E-state index in [1.807, 2.05) is 13.8 Å². The lowest BCUT2D eigenvalue weighted by Gasteiger charge is -2.17. The molecular formula is C13H19N3O2. The number of aromatic nitrogens is 2. The van der Waals surface area contributed by atoms with Crippen molar-refractivity contribution in [3.05, 3.63) is 18.1 Å². The van der Waals surface area contributed by atoms with Crippen LogP contribution >= 0.6 is 0 Å². The number of hydrogen-bond donors (Lipinski definition) is 2. The molecule has 5 nitrogen and oxygen atoms in total. The third-order valence-corrected chi connectivity index (χ3v) is 2.94. The van der Waals surface area contributed by atoms with E-state index in [0.29, 0.717) is 24.1 Å². The average molecular weight is 249 g/mol. The summed E-state index contributed by atoms with van der Waals surface area (Å²) < 4.78 is 0. The zero-order valence-electron chi connectivity index (χ0n) is 10.8. The molecule has 18 heavy (non-hydrogen) atoms. The van der Waals surface area contributed by atoms with Gasteiger partial charge in [0.25, 0.3) is 0 Å². The second kappa shape index (κ2) is 5.33. The zero-order valence-corrected chi connectivity index (χ0v) is 10.8. The van der Waals surface area contributed by atoms with Crippen LogP contribution in [0.25, 0.3) is 0 Å². The molecule has 0 radical (unpaired) electrons. The third kappa shape index (κ3) is 3.42. The standard InChI is InChI=1S/C13H19N3O2/c1-8(2)7-10(13(17)18)15-11-5-6-14-12(16-11)9-3-4-9/h5-6,8-10H,3-4,7H2,1-2H3,(H,17,18)(H,14,15,16). The number of carbonyl (C=O) groups is 1. The molecule has 5 heteroatoms. The number of anilines is 1. The normalized spacial score (nSPS) is 16.6. The summed E-state index contributed by atoms with van der Waals surface area (Å²) in [4.78, 5) is 19.8. The van der Waals surface area contributed by atoms with E-state index < -0.39 is 12.0 Å². The molecule has 0 bridgehead atoms. The van der Waals surface area contributed by atoms with Gasteiger partial charge in [0.2, 0.25) is 0 Å². The highest BCUT2D eigenvalue weighted by atomic mass is 16.4. The van der Waals surface area contributed by atoms with Crippen LogP contribution in [0.15, 0.2) is 12.3 Å². The van der Waals surface area contributed by atoms with Crippen molar-refractivity contribution in [3.63, 3.8) is 0 Å². The van der Waals surface area contributed by atoms with Gasteiger partial charge in [0, 0.05) is 12.1 Å². The van der Waals surface area contributed by atoms with E-state index in [1.54, 1.807) is 12.3 Å². The lowest BCUT2D eigenvalue weighted by atomic mass is 10.0. The van der Waals surface area contributed by atoms with Crippen molar-refractivity contribution in [2.75, 3.05) is 5.32 Å². The maximum absolute atomic E-state index is 11.2.